The lowest BCUT2D eigenvalue weighted by molar-refractivity contribution is 1.17. The summed E-state index contributed by atoms with van der Waals surface area (Å²) in [5.74, 6) is 0.553. The zero-order chi connectivity index (χ0) is 11.5. The van der Waals surface area contributed by atoms with Gasteiger partial charge in [0.1, 0.15) is 0 Å². The molecule has 1 heterocycles. The highest BCUT2D eigenvalue weighted by Crippen LogP contribution is 2.17. The fourth-order valence-electron chi connectivity index (χ4n) is 1.35. The van der Waals surface area contributed by atoms with Gasteiger partial charge in [-0.1, -0.05) is 6.07 Å². The molecule has 0 amide bonds. The van der Waals surface area contributed by atoms with Gasteiger partial charge in [-0.25, -0.2) is 9.97 Å². The fraction of sp³-hybridized carbons (Fsp3) is 0.167. The molecular formula is C12H14N4. The predicted molar refractivity (Wildman–Crippen MR) is 65.6 cm³/mol. The summed E-state index contributed by atoms with van der Waals surface area (Å²) in [6.45, 7) is 4.16. The summed E-state index contributed by atoms with van der Waals surface area (Å²) in [5, 5.41) is 3.12. The van der Waals surface area contributed by atoms with E-state index in [4.69, 9.17) is 5.73 Å². The Bertz CT molecular complexity index is 491. The van der Waals surface area contributed by atoms with Crippen molar-refractivity contribution in [1.29, 1.82) is 0 Å². The first kappa shape index (κ1) is 10.4. The van der Waals surface area contributed by atoms with Crippen molar-refractivity contribution in [2.45, 2.75) is 13.8 Å². The molecular weight excluding hydrogens is 200 g/mol. The average Bonchev–Trinajstić information content (AvgIpc) is 2.27. The summed E-state index contributed by atoms with van der Waals surface area (Å²) in [7, 11) is 0. The van der Waals surface area contributed by atoms with E-state index in [0.29, 0.717) is 11.6 Å². The number of benzene rings is 1. The molecule has 0 aliphatic heterocycles. The van der Waals surface area contributed by atoms with Gasteiger partial charge in [-0.15, -0.1) is 0 Å². The van der Waals surface area contributed by atoms with Crippen molar-refractivity contribution in [3.05, 3.63) is 41.7 Å². The second-order valence-electron chi connectivity index (χ2n) is 3.76. The first-order chi connectivity index (χ1) is 7.65. The topological polar surface area (TPSA) is 63.8 Å². The van der Waals surface area contributed by atoms with Gasteiger partial charge in [0.15, 0.2) is 0 Å². The molecule has 1 aromatic carbocycles. The summed E-state index contributed by atoms with van der Waals surface area (Å²) in [4.78, 5) is 8.16. The number of nitrogens with zero attached hydrogens (tertiary/aromatic N) is 2. The van der Waals surface area contributed by atoms with Crippen molar-refractivity contribution < 1.29 is 0 Å². The number of nitrogens with two attached hydrogens (primary N) is 1. The number of hydrogen-bond acceptors (Lipinski definition) is 4. The van der Waals surface area contributed by atoms with Crippen LogP contribution >= 0.6 is 0 Å². The number of aryl methyl sites for hydroxylation is 2. The lowest BCUT2D eigenvalue weighted by Gasteiger charge is -2.07. The molecule has 0 atom stereocenters. The normalized spacial score (nSPS) is 10.1. The molecule has 4 heteroatoms. The summed E-state index contributed by atoms with van der Waals surface area (Å²) in [5.41, 5.74) is 9.56. The van der Waals surface area contributed by atoms with E-state index in [1.165, 1.54) is 11.1 Å². The van der Waals surface area contributed by atoms with Gasteiger partial charge >= 0.3 is 0 Å². The Kier molecular flexibility index (Phi) is 2.72. The van der Waals surface area contributed by atoms with Crippen molar-refractivity contribution in [2.24, 2.45) is 0 Å². The molecule has 0 spiro atoms. The van der Waals surface area contributed by atoms with Crippen LogP contribution in [0.1, 0.15) is 11.1 Å². The molecule has 0 aliphatic rings. The summed E-state index contributed by atoms with van der Waals surface area (Å²) < 4.78 is 0. The molecule has 0 fully saturated rings. The number of hydrogen-bond donors (Lipinski definition) is 2. The average molecular weight is 214 g/mol. The van der Waals surface area contributed by atoms with Crippen LogP contribution in [-0.2, 0) is 0 Å². The molecule has 3 N–H and O–H groups in total. The third kappa shape index (κ3) is 2.28. The molecule has 0 radical (unpaired) electrons. The van der Waals surface area contributed by atoms with Crippen molar-refractivity contribution >= 4 is 17.3 Å². The van der Waals surface area contributed by atoms with Crippen LogP contribution in [0.5, 0.6) is 0 Å². The van der Waals surface area contributed by atoms with Crippen molar-refractivity contribution in [1.82, 2.24) is 9.97 Å². The highest BCUT2D eigenvalue weighted by atomic mass is 15.1. The van der Waals surface area contributed by atoms with E-state index in [9.17, 15) is 0 Å². The van der Waals surface area contributed by atoms with E-state index in [0.717, 1.165) is 5.69 Å². The van der Waals surface area contributed by atoms with E-state index >= 15 is 0 Å². The summed E-state index contributed by atoms with van der Waals surface area (Å²) in [6, 6.07) is 6.13. The number of nitrogens with one attached hydrogen (secondary N) is 1. The van der Waals surface area contributed by atoms with Gasteiger partial charge in [0.25, 0.3) is 0 Å². The van der Waals surface area contributed by atoms with Crippen LogP contribution in [0.4, 0.5) is 17.3 Å². The SMILES string of the molecule is Cc1ccc(Nc2ncc(N)cn2)cc1C. The third-order valence-corrected chi connectivity index (χ3v) is 2.43. The highest BCUT2D eigenvalue weighted by molar-refractivity contribution is 5.56. The summed E-state index contributed by atoms with van der Waals surface area (Å²) in [6.07, 6.45) is 3.16. The zero-order valence-electron chi connectivity index (χ0n) is 9.36. The molecule has 0 bridgehead atoms. The first-order valence-electron chi connectivity index (χ1n) is 5.07. The van der Waals surface area contributed by atoms with Crippen LogP contribution in [0.15, 0.2) is 30.6 Å². The lowest BCUT2D eigenvalue weighted by Crippen LogP contribution is -1.98. The monoisotopic (exact) mass is 214 g/mol. The molecule has 0 saturated heterocycles. The van der Waals surface area contributed by atoms with E-state index in [1.807, 2.05) is 6.07 Å². The molecule has 0 unspecified atom stereocenters. The highest BCUT2D eigenvalue weighted by Gasteiger charge is 1.99. The Morgan fingerprint density at radius 1 is 1.06 bits per heavy atom. The van der Waals surface area contributed by atoms with Gasteiger partial charge in [-0.05, 0) is 37.1 Å². The minimum Gasteiger partial charge on any atom is -0.396 e. The van der Waals surface area contributed by atoms with Crippen LogP contribution in [0.25, 0.3) is 0 Å². The van der Waals surface area contributed by atoms with Crippen molar-refractivity contribution in [3.8, 4) is 0 Å². The van der Waals surface area contributed by atoms with Gasteiger partial charge < -0.3 is 11.1 Å². The van der Waals surface area contributed by atoms with E-state index < -0.39 is 0 Å². The van der Waals surface area contributed by atoms with Crippen LogP contribution in [0.3, 0.4) is 0 Å². The molecule has 82 valence electrons. The Balaban J connectivity index is 2.20. The van der Waals surface area contributed by atoms with Crippen molar-refractivity contribution in [2.75, 3.05) is 11.1 Å². The Labute approximate surface area is 94.5 Å². The fourth-order valence-corrected chi connectivity index (χ4v) is 1.35. The van der Waals surface area contributed by atoms with Crippen molar-refractivity contribution in [3.63, 3.8) is 0 Å². The molecule has 1 aromatic heterocycles. The number of rotatable bonds is 2. The molecule has 2 aromatic rings. The molecule has 0 aliphatic carbocycles. The maximum Gasteiger partial charge on any atom is 0.227 e. The second kappa shape index (κ2) is 4.18. The Morgan fingerprint density at radius 3 is 2.38 bits per heavy atom. The van der Waals surface area contributed by atoms with Gasteiger partial charge in [-0.2, -0.15) is 0 Å². The summed E-state index contributed by atoms with van der Waals surface area (Å²) >= 11 is 0. The molecule has 0 saturated carbocycles. The van der Waals surface area contributed by atoms with Gasteiger partial charge in [0.2, 0.25) is 5.95 Å². The van der Waals surface area contributed by atoms with Gasteiger partial charge in [0, 0.05) is 5.69 Å². The third-order valence-electron chi connectivity index (χ3n) is 2.43. The first-order valence-corrected chi connectivity index (χ1v) is 5.07. The minimum absolute atomic E-state index is 0.553. The quantitative estimate of drug-likeness (QED) is 0.805. The molecule has 4 nitrogen and oxygen atoms in total. The largest absolute Gasteiger partial charge is 0.396 e. The van der Waals surface area contributed by atoms with Crippen LogP contribution < -0.4 is 11.1 Å². The number of nitrogen functional groups attached to an aromatic ring is 1. The smallest absolute Gasteiger partial charge is 0.227 e. The van der Waals surface area contributed by atoms with E-state index in [1.54, 1.807) is 12.4 Å². The predicted octanol–water partition coefficient (Wildman–Crippen LogP) is 2.42. The number of aromatic nitrogens is 2. The van der Waals surface area contributed by atoms with E-state index in [-0.39, 0.29) is 0 Å². The molecule has 16 heavy (non-hydrogen) atoms. The van der Waals surface area contributed by atoms with Gasteiger partial charge in [-0.3, -0.25) is 0 Å². The Morgan fingerprint density at radius 2 is 1.75 bits per heavy atom. The maximum atomic E-state index is 5.51. The van der Waals surface area contributed by atoms with E-state index in [2.05, 4.69) is 41.3 Å². The van der Waals surface area contributed by atoms with Crippen LogP contribution in [0, 0.1) is 13.8 Å². The molecule has 2 rings (SSSR count). The zero-order valence-corrected chi connectivity index (χ0v) is 9.36. The van der Waals surface area contributed by atoms with Gasteiger partial charge in [0.05, 0.1) is 18.1 Å². The maximum absolute atomic E-state index is 5.51. The second-order valence-corrected chi connectivity index (χ2v) is 3.76. The Hall–Kier alpha value is -2.10. The lowest BCUT2D eigenvalue weighted by atomic mass is 10.1. The number of anilines is 3. The van der Waals surface area contributed by atoms with Crippen LogP contribution in [-0.4, -0.2) is 9.97 Å². The van der Waals surface area contributed by atoms with Crippen LogP contribution in [0.2, 0.25) is 0 Å². The standard InChI is InChI=1S/C12H14N4/c1-8-3-4-11(5-9(8)2)16-12-14-6-10(13)7-15-12/h3-7H,13H2,1-2H3,(H,14,15,16). The minimum atomic E-state index is 0.553.